The van der Waals surface area contributed by atoms with Crippen LogP contribution in [0.4, 0.5) is 0 Å². The van der Waals surface area contributed by atoms with Crippen molar-refractivity contribution in [2.75, 3.05) is 7.05 Å². The Kier molecular flexibility index (Phi) is 4.35. The Balaban J connectivity index is 1.68. The topological polar surface area (TPSA) is 32.3 Å². The van der Waals surface area contributed by atoms with Crippen molar-refractivity contribution in [2.24, 2.45) is 0 Å². The molecule has 2 aromatic rings. The van der Waals surface area contributed by atoms with Crippen LogP contribution in [0.5, 0.6) is 0 Å². The van der Waals surface area contributed by atoms with Gasteiger partial charge in [0, 0.05) is 7.05 Å². The van der Waals surface area contributed by atoms with E-state index in [2.05, 4.69) is 29.6 Å². The van der Waals surface area contributed by atoms with E-state index in [0.29, 0.717) is 0 Å². The molecule has 0 unspecified atom stereocenters. The lowest BCUT2D eigenvalue weighted by Crippen LogP contribution is -2.33. The Morgan fingerprint density at radius 1 is 1.05 bits per heavy atom. The number of carbonyl (C=O) groups is 1. The van der Waals surface area contributed by atoms with E-state index in [4.69, 9.17) is 0 Å². The lowest BCUT2D eigenvalue weighted by Gasteiger charge is -2.14. The van der Waals surface area contributed by atoms with E-state index in [1.165, 1.54) is 5.56 Å². The molecule has 22 heavy (non-hydrogen) atoms. The van der Waals surface area contributed by atoms with Crippen molar-refractivity contribution in [1.29, 1.82) is 0 Å². The maximum absolute atomic E-state index is 12.4. The summed E-state index contributed by atoms with van der Waals surface area (Å²) in [7, 11) is 1.85. The number of amides is 1. The third kappa shape index (κ3) is 3.26. The van der Waals surface area contributed by atoms with Crippen molar-refractivity contribution < 1.29 is 4.79 Å². The van der Waals surface area contributed by atoms with E-state index in [9.17, 15) is 4.79 Å². The molecule has 0 aliphatic carbocycles. The predicted octanol–water partition coefficient (Wildman–Crippen LogP) is 2.70. The van der Waals surface area contributed by atoms with Gasteiger partial charge in [0.2, 0.25) is 5.91 Å². The Morgan fingerprint density at radius 2 is 1.68 bits per heavy atom. The van der Waals surface area contributed by atoms with Gasteiger partial charge >= 0.3 is 0 Å². The molecule has 3 rings (SSSR count). The monoisotopic (exact) mass is 292 g/mol. The van der Waals surface area contributed by atoms with Gasteiger partial charge in [-0.25, -0.2) is 0 Å². The van der Waals surface area contributed by atoms with Gasteiger partial charge in [0.1, 0.15) is 6.17 Å². The van der Waals surface area contributed by atoms with Gasteiger partial charge in [-0.15, -0.1) is 0 Å². The van der Waals surface area contributed by atoms with Crippen LogP contribution in [0.2, 0.25) is 0 Å². The van der Waals surface area contributed by atoms with Crippen molar-refractivity contribution in [2.45, 2.75) is 18.6 Å². The minimum atomic E-state index is -0.155. The molecule has 0 radical (unpaired) electrons. The number of nitrogens with one attached hydrogen (secondary N) is 1. The van der Waals surface area contributed by atoms with Crippen LogP contribution >= 0.6 is 0 Å². The van der Waals surface area contributed by atoms with Gasteiger partial charge in [-0.1, -0.05) is 66.7 Å². The summed E-state index contributed by atoms with van der Waals surface area (Å²) in [5.41, 5.74) is 2.31. The fraction of sp³-hybridized carbons (Fsp3) is 0.211. The van der Waals surface area contributed by atoms with Crippen molar-refractivity contribution in [3.05, 3.63) is 77.9 Å². The molecule has 1 aliphatic heterocycles. The summed E-state index contributed by atoms with van der Waals surface area (Å²) in [6.07, 6.45) is 4.76. The van der Waals surface area contributed by atoms with Crippen molar-refractivity contribution in [3.63, 3.8) is 0 Å². The van der Waals surface area contributed by atoms with Crippen LogP contribution in [0.3, 0.4) is 0 Å². The fourth-order valence-electron chi connectivity index (χ4n) is 2.72. The Morgan fingerprint density at radius 3 is 2.36 bits per heavy atom. The molecule has 1 aliphatic rings. The van der Waals surface area contributed by atoms with E-state index < -0.39 is 0 Å². The quantitative estimate of drug-likeness (QED) is 0.939. The number of likely N-dealkylation sites (N-methyl/N-ethyl adjacent to an activating group) is 1. The Hall–Kier alpha value is -2.39. The van der Waals surface area contributed by atoms with E-state index in [1.807, 2.05) is 55.6 Å². The average Bonchev–Trinajstić information content (AvgIpc) is 2.83. The molecule has 2 atom stereocenters. The lowest BCUT2D eigenvalue weighted by atomic mass is 10.1. The zero-order valence-electron chi connectivity index (χ0n) is 12.6. The van der Waals surface area contributed by atoms with Crippen molar-refractivity contribution >= 4 is 12.0 Å². The molecule has 3 heteroatoms. The van der Waals surface area contributed by atoms with E-state index in [1.54, 1.807) is 4.90 Å². The summed E-state index contributed by atoms with van der Waals surface area (Å²) in [5.74, 6) is 0.145. The van der Waals surface area contributed by atoms with Gasteiger partial charge in [0.05, 0.1) is 6.04 Å². The van der Waals surface area contributed by atoms with Crippen LogP contribution in [0.1, 0.15) is 11.1 Å². The summed E-state index contributed by atoms with van der Waals surface area (Å²) in [4.78, 5) is 14.1. The Bertz CT molecular complexity index is 652. The molecule has 1 N–H and O–H groups in total. The number of carbonyl (C=O) groups excluding carboxylic acids is 1. The highest BCUT2D eigenvalue weighted by molar-refractivity contribution is 5.85. The standard InChI is InChI=1S/C19H20N2O/c1-21-18(13-12-15-8-4-2-5-9-15)20-17(19(21)22)14-16-10-6-3-7-11-16/h2-13,17-18,20H,14H2,1H3/b13-12+/t17-,18-/m0/s1. The maximum atomic E-state index is 12.4. The minimum Gasteiger partial charge on any atom is -0.325 e. The van der Waals surface area contributed by atoms with Crippen LogP contribution in [0.25, 0.3) is 6.08 Å². The summed E-state index contributed by atoms with van der Waals surface area (Å²) in [6, 6.07) is 20.1. The zero-order chi connectivity index (χ0) is 15.4. The first kappa shape index (κ1) is 14.5. The number of benzene rings is 2. The van der Waals surface area contributed by atoms with E-state index >= 15 is 0 Å². The first-order valence-electron chi connectivity index (χ1n) is 7.54. The molecule has 0 spiro atoms. The summed E-state index contributed by atoms with van der Waals surface area (Å²) < 4.78 is 0. The number of hydrogen-bond donors (Lipinski definition) is 1. The lowest BCUT2D eigenvalue weighted by molar-refractivity contribution is -0.128. The molecule has 0 bridgehead atoms. The zero-order valence-corrected chi connectivity index (χ0v) is 12.6. The highest BCUT2D eigenvalue weighted by Crippen LogP contribution is 2.15. The van der Waals surface area contributed by atoms with Gasteiger partial charge in [0.25, 0.3) is 0 Å². The predicted molar refractivity (Wildman–Crippen MR) is 89.1 cm³/mol. The first-order valence-corrected chi connectivity index (χ1v) is 7.54. The Labute approximate surface area is 131 Å². The number of hydrogen-bond acceptors (Lipinski definition) is 2. The molecule has 0 aromatic heterocycles. The second-order valence-electron chi connectivity index (χ2n) is 5.57. The van der Waals surface area contributed by atoms with E-state index in [0.717, 1.165) is 12.0 Å². The molecule has 2 aromatic carbocycles. The van der Waals surface area contributed by atoms with Gasteiger partial charge in [-0.05, 0) is 23.6 Å². The summed E-state index contributed by atoms with van der Waals surface area (Å²) in [5, 5.41) is 3.40. The molecular formula is C19H20N2O. The summed E-state index contributed by atoms with van der Waals surface area (Å²) >= 11 is 0. The third-order valence-corrected chi connectivity index (χ3v) is 3.99. The SMILES string of the molecule is CN1C(=O)[C@H](Cc2ccccc2)N[C@@H]1/C=C/c1ccccc1. The van der Waals surface area contributed by atoms with E-state index in [-0.39, 0.29) is 18.1 Å². The van der Waals surface area contributed by atoms with Crippen LogP contribution in [-0.2, 0) is 11.2 Å². The molecule has 1 fully saturated rings. The van der Waals surface area contributed by atoms with Crippen LogP contribution in [0, 0.1) is 0 Å². The molecule has 1 heterocycles. The highest BCUT2D eigenvalue weighted by atomic mass is 16.2. The first-order chi connectivity index (χ1) is 10.7. The van der Waals surface area contributed by atoms with Gasteiger partial charge in [-0.3, -0.25) is 10.1 Å². The molecule has 3 nitrogen and oxygen atoms in total. The van der Waals surface area contributed by atoms with Crippen LogP contribution in [0.15, 0.2) is 66.7 Å². The number of nitrogens with zero attached hydrogens (tertiary/aromatic N) is 1. The molecule has 1 saturated heterocycles. The van der Waals surface area contributed by atoms with Gasteiger partial charge < -0.3 is 4.90 Å². The summed E-state index contributed by atoms with van der Waals surface area (Å²) in [6.45, 7) is 0. The molecule has 1 amide bonds. The van der Waals surface area contributed by atoms with Gasteiger partial charge in [-0.2, -0.15) is 0 Å². The molecule has 0 saturated carbocycles. The minimum absolute atomic E-state index is 0.0542. The van der Waals surface area contributed by atoms with Crippen LogP contribution < -0.4 is 5.32 Å². The van der Waals surface area contributed by atoms with Crippen molar-refractivity contribution in [1.82, 2.24) is 10.2 Å². The maximum Gasteiger partial charge on any atom is 0.241 e. The highest BCUT2D eigenvalue weighted by Gasteiger charge is 2.34. The fourth-order valence-corrected chi connectivity index (χ4v) is 2.72. The number of rotatable bonds is 4. The second-order valence-corrected chi connectivity index (χ2v) is 5.57. The second kappa shape index (κ2) is 6.58. The molecule has 112 valence electrons. The van der Waals surface area contributed by atoms with Gasteiger partial charge in [0.15, 0.2) is 0 Å². The smallest absolute Gasteiger partial charge is 0.241 e. The van der Waals surface area contributed by atoms with Crippen molar-refractivity contribution in [3.8, 4) is 0 Å². The van der Waals surface area contributed by atoms with Crippen LogP contribution in [-0.4, -0.2) is 30.1 Å². The third-order valence-electron chi connectivity index (χ3n) is 3.99. The normalized spacial score (nSPS) is 21.7. The molecular weight excluding hydrogens is 272 g/mol. The largest absolute Gasteiger partial charge is 0.325 e. The average molecular weight is 292 g/mol.